The van der Waals surface area contributed by atoms with Gasteiger partial charge < -0.3 is 5.32 Å². The number of nitro benzene ring substituents is 1. The third-order valence-electron chi connectivity index (χ3n) is 6.30. The highest BCUT2D eigenvalue weighted by atomic mass is 32.2. The molecule has 174 valence electrons. The summed E-state index contributed by atoms with van der Waals surface area (Å²) in [6, 6.07) is 8.60. The van der Waals surface area contributed by atoms with E-state index in [0.29, 0.717) is 28.6 Å². The number of amides is 1. The maximum Gasteiger partial charge on any atom is 0.271 e. The molecular formula is C25H30N4O3S. The van der Waals surface area contributed by atoms with Crippen molar-refractivity contribution < 1.29 is 9.72 Å². The van der Waals surface area contributed by atoms with E-state index in [4.69, 9.17) is 4.98 Å². The molecule has 3 rings (SSSR count). The first-order valence-corrected chi connectivity index (χ1v) is 12.1. The van der Waals surface area contributed by atoms with Crippen molar-refractivity contribution in [2.45, 2.75) is 70.6 Å². The van der Waals surface area contributed by atoms with Crippen LogP contribution in [-0.2, 0) is 17.6 Å². The van der Waals surface area contributed by atoms with Crippen molar-refractivity contribution in [1.29, 1.82) is 5.26 Å². The van der Waals surface area contributed by atoms with Gasteiger partial charge in [0.25, 0.3) is 5.69 Å². The number of aromatic nitrogens is 1. The highest BCUT2D eigenvalue weighted by molar-refractivity contribution is 8.00. The zero-order valence-corrected chi connectivity index (χ0v) is 20.6. The van der Waals surface area contributed by atoms with Gasteiger partial charge in [-0.15, -0.1) is 0 Å². The van der Waals surface area contributed by atoms with Crippen LogP contribution < -0.4 is 5.32 Å². The van der Waals surface area contributed by atoms with E-state index in [1.54, 1.807) is 13.0 Å². The number of carbonyl (C=O) groups is 1. The highest BCUT2D eigenvalue weighted by Crippen LogP contribution is 2.38. The van der Waals surface area contributed by atoms with Crippen LogP contribution in [0.5, 0.6) is 0 Å². The van der Waals surface area contributed by atoms with Gasteiger partial charge in [-0.2, -0.15) is 5.26 Å². The second kappa shape index (κ2) is 9.92. The van der Waals surface area contributed by atoms with Gasteiger partial charge in [0.1, 0.15) is 11.1 Å². The number of anilines is 1. The molecule has 1 aliphatic carbocycles. The minimum atomic E-state index is -0.485. The Hall–Kier alpha value is -2.92. The Morgan fingerprint density at radius 1 is 1.39 bits per heavy atom. The SMILES string of the molecule is CCC(Sc1nc2c(cc1C#N)CC(C(C)(C)C)CC2)C(=O)Nc1cc([N+](=O)[O-])ccc1C. The number of hydrogen-bond acceptors (Lipinski definition) is 6. The number of non-ortho nitro benzene ring substituents is 1. The van der Waals surface area contributed by atoms with Crippen molar-refractivity contribution in [3.63, 3.8) is 0 Å². The van der Waals surface area contributed by atoms with E-state index in [2.05, 4.69) is 32.2 Å². The summed E-state index contributed by atoms with van der Waals surface area (Å²) in [6.45, 7) is 10.4. The van der Waals surface area contributed by atoms with Crippen LogP contribution in [0.1, 0.15) is 62.9 Å². The molecule has 1 N–H and O–H groups in total. The average molecular weight is 467 g/mol. The molecule has 2 aromatic rings. The predicted octanol–water partition coefficient (Wildman–Crippen LogP) is 5.83. The summed E-state index contributed by atoms with van der Waals surface area (Å²) >= 11 is 1.28. The third-order valence-corrected chi connectivity index (χ3v) is 7.67. The minimum Gasteiger partial charge on any atom is -0.325 e. The molecule has 0 radical (unpaired) electrons. The molecule has 0 saturated carbocycles. The van der Waals surface area contributed by atoms with Crippen molar-refractivity contribution in [3.8, 4) is 6.07 Å². The third kappa shape index (κ3) is 5.72. The lowest BCUT2D eigenvalue weighted by Gasteiger charge is -2.34. The lowest BCUT2D eigenvalue weighted by molar-refractivity contribution is -0.384. The largest absolute Gasteiger partial charge is 0.325 e. The lowest BCUT2D eigenvalue weighted by atomic mass is 9.71. The molecular weight excluding hydrogens is 436 g/mol. The van der Waals surface area contributed by atoms with Gasteiger partial charge in [0.2, 0.25) is 5.91 Å². The minimum absolute atomic E-state index is 0.0757. The fourth-order valence-electron chi connectivity index (χ4n) is 4.08. The van der Waals surface area contributed by atoms with E-state index < -0.39 is 10.2 Å². The van der Waals surface area contributed by atoms with Gasteiger partial charge in [-0.1, -0.05) is 45.5 Å². The van der Waals surface area contributed by atoms with Crippen LogP contribution in [0.2, 0.25) is 0 Å². The molecule has 0 saturated heterocycles. The number of benzene rings is 1. The van der Waals surface area contributed by atoms with Crippen molar-refractivity contribution in [1.82, 2.24) is 4.98 Å². The maximum atomic E-state index is 13.0. The Kier molecular flexibility index (Phi) is 7.43. The summed E-state index contributed by atoms with van der Waals surface area (Å²) in [5.74, 6) is 0.284. The van der Waals surface area contributed by atoms with Crippen LogP contribution in [0.3, 0.4) is 0 Å². The number of thioether (sulfide) groups is 1. The van der Waals surface area contributed by atoms with Gasteiger partial charge in [0, 0.05) is 17.8 Å². The summed E-state index contributed by atoms with van der Waals surface area (Å²) in [7, 11) is 0. The van der Waals surface area contributed by atoms with Crippen molar-refractivity contribution in [2.75, 3.05) is 5.32 Å². The lowest BCUT2D eigenvalue weighted by Crippen LogP contribution is -2.28. The topological polar surface area (TPSA) is 109 Å². The molecule has 1 amide bonds. The van der Waals surface area contributed by atoms with Crippen LogP contribution in [0.15, 0.2) is 29.3 Å². The molecule has 1 heterocycles. The van der Waals surface area contributed by atoms with Gasteiger partial charge in [-0.3, -0.25) is 14.9 Å². The summed E-state index contributed by atoms with van der Waals surface area (Å²) in [5, 5.41) is 23.8. The smallest absolute Gasteiger partial charge is 0.271 e. The monoisotopic (exact) mass is 466 g/mol. The Morgan fingerprint density at radius 3 is 2.73 bits per heavy atom. The second-order valence-electron chi connectivity index (χ2n) is 9.62. The van der Waals surface area contributed by atoms with Gasteiger partial charge in [-0.05, 0) is 61.1 Å². The molecule has 2 atom stereocenters. The number of aryl methyl sites for hydroxylation is 2. The Balaban J connectivity index is 1.82. The van der Waals surface area contributed by atoms with E-state index in [9.17, 15) is 20.2 Å². The number of nitrogens with zero attached hydrogens (tertiary/aromatic N) is 3. The number of nitrogens with one attached hydrogen (secondary N) is 1. The quantitative estimate of drug-likeness (QED) is 0.326. The maximum absolute atomic E-state index is 13.0. The van der Waals surface area contributed by atoms with Gasteiger partial charge in [0.05, 0.1) is 21.4 Å². The summed E-state index contributed by atoms with van der Waals surface area (Å²) in [5.41, 5.74) is 3.92. The molecule has 33 heavy (non-hydrogen) atoms. The van der Waals surface area contributed by atoms with Crippen LogP contribution in [0, 0.1) is 39.7 Å². The van der Waals surface area contributed by atoms with Crippen LogP contribution in [-0.4, -0.2) is 21.1 Å². The fraction of sp³-hybridized carbons (Fsp3) is 0.480. The van der Waals surface area contributed by atoms with Crippen LogP contribution >= 0.6 is 11.8 Å². The summed E-state index contributed by atoms with van der Waals surface area (Å²) in [4.78, 5) is 28.4. The van der Waals surface area contributed by atoms with E-state index >= 15 is 0 Å². The molecule has 0 aliphatic heterocycles. The molecule has 0 bridgehead atoms. The summed E-state index contributed by atoms with van der Waals surface area (Å²) < 4.78 is 0. The molecule has 0 spiro atoms. The molecule has 8 heteroatoms. The van der Waals surface area contributed by atoms with E-state index in [-0.39, 0.29) is 17.0 Å². The number of rotatable bonds is 6. The van der Waals surface area contributed by atoms with E-state index in [0.717, 1.165) is 36.1 Å². The number of nitriles is 1. The Bertz CT molecular complexity index is 1120. The Morgan fingerprint density at radius 2 is 2.12 bits per heavy atom. The first-order chi connectivity index (χ1) is 15.5. The molecule has 2 unspecified atom stereocenters. The standard InChI is InChI=1S/C25H30N4O3S/c1-6-22(23(30)27-21-13-19(29(31)32)9-7-15(21)2)33-24-17(14-26)11-16-12-18(25(3,4)5)8-10-20(16)28-24/h7,9,11,13,18,22H,6,8,10,12H2,1-5H3,(H,27,30). The van der Waals surface area contributed by atoms with E-state index in [1.165, 1.54) is 23.9 Å². The van der Waals surface area contributed by atoms with Gasteiger partial charge in [-0.25, -0.2) is 4.98 Å². The predicted molar refractivity (Wildman–Crippen MR) is 130 cm³/mol. The van der Waals surface area contributed by atoms with Crippen molar-refractivity contribution >= 4 is 29.0 Å². The molecule has 1 aliphatic rings. The zero-order valence-electron chi connectivity index (χ0n) is 19.8. The normalized spacial score (nSPS) is 16.4. The number of pyridine rings is 1. The van der Waals surface area contributed by atoms with Crippen molar-refractivity contribution in [2.24, 2.45) is 11.3 Å². The first-order valence-electron chi connectivity index (χ1n) is 11.2. The average Bonchev–Trinajstić information content (AvgIpc) is 2.76. The first kappa shape index (κ1) is 24.7. The highest BCUT2D eigenvalue weighted by Gasteiger charge is 2.31. The number of carbonyl (C=O) groups excluding carboxylic acids is 1. The van der Waals surface area contributed by atoms with E-state index in [1.807, 2.05) is 13.0 Å². The molecule has 1 aromatic carbocycles. The van der Waals surface area contributed by atoms with Crippen LogP contribution in [0.25, 0.3) is 0 Å². The number of fused-ring (bicyclic) bond motifs is 1. The number of nitro groups is 1. The second-order valence-corrected chi connectivity index (χ2v) is 10.8. The molecule has 0 fully saturated rings. The summed E-state index contributed by atoms with van der Waals surface area (Å²) in [6.07, 6.45) is 3.37. The Labute approximate surface area is 199 Å². The fourth-order valence-corrected chi connectivity index (χ4v) is 5.08. The van der Waals surface area contributed by atoms with Crippen LogP contribution in [0.4, 0.5) is 11.4 Å². The molecule has 1 aromatic heterocycles. The number of hydrogen-bond donors (Lipinski definition) is 1. The zero-order chi connectivity index (χ0) is 24.3. The van der Waals surface area contributed by atoms with Gasteiger partial charge in [0.15, 0.2) is 0 Å². The van der Waals surface area contributed by atoms with Gasteiger partial charge >= 0.3 is 0 Å². The van der Waals surface area contributed by atoms with Crippen molar-refractivity contribution in [3.05, 3.63) is 56.8 Å². The molecule has 7 nitrogen and oxygen atoms in total.